The minimum atomic E-state index is 0.874. The van der Waals surface area contributed by atoms with E-state index in [9.17, 15) is 0 Å². The molecule has 2 aromatic rings. The van der Waals surface area contributed by atoms with Crippen molar-refractivity contribution in [1.82, 2.24) is 4.90 Å². The van der Waals surface area contributed by atoms with Gasteiger partial charge in [0.2, 0.25) is 0 Å². The highest BCUT2D eigenvalue weighted by Crippen LogP contribution is 2.22. The van der Waals surface area contributed by atoms with E-state index < -0.39 is 0 Å². The molecular formula is C19H23ClN2. The van der Waals surface area contributed by atoms with Crippen molar-refractivity contribution in [2.45, 2.75) is 20.4 Å². The average molecular weight is 315 g/mol. The van der Waals surface area contributed by atoms with E-state index >= 15 is 0 Å². The van der Waals surface area contributed by atoms with E-state index in [-0.39, 0.29) is 0 Å². The van der Waals surface area contributed by atoms with Crippen molar-refractivity contribution in [2.75, 3.05) is 31.1 Å². The van der Waals surface area contributed by atoms with Crippen molar-refractivity contribution in [3.05, 3.63) is 64.2 Å². The maximum atomic E-state index is 6.26. The van der Waals surface area contributed by atoms with Crippen LogP contribution in [-0.4, -0.2) is 31.1 Å². The molecule has 0 spiro atoms. The number of halogens is 1. The molecular weight excluding hydrogens is 292 g/mol. The lowest BCUT2D eigenvalue weighted by atomic mass is 10.1. The molecule has 0 unspecified atom stereocenters. The molecule has 1 heterocycles. The van der Waals surface area contributed by atoms with E-state index in [1.807, 2.05) is 12.1 Å². The van der Waals surface area contributed by atoms with Crippen LogP contribution in [0.3, 0.4) is 0 Å². The Morgan fingerprint density at radius 1 is 0.909 bits per heavy atom. The van der Waals surface area contributed by atoms with E-state index in [2.05, 4.69) is 54.0 Å². The number of hydrogen-bond donors (Lipinski definition) is 0. The van der Waals surface area contributed by atoms with E-state index in [1.54, 1.807) is 0 Å². The van der Waals surface area contributed by atoms with Gasteiger partial charge in [0.15, 0.2) is 0 Å². The number of piperazine rings is 1. The Balaban J connectivity index is 1.60. The molecule has 116 valence electrons. The smallest absolute Gasteiger partial charge is 0.0451 e. The summed E-state index contributed by atoms with van der Waals surface area (Å²) >= 11 is 6.26. The second-order valence-corrected chi connectivity index (χ2v) is 6.53. The Morgan fingerprint density at radius 2 is 1.64 bits per heavy atom. The van der Waals surface area contributed by atoms with Crippen molar-refractivity contribution < 1.29 is 0 Å². The minimum absolute atomic E-state index is 0.874. The van der Waals surface area contributed by atoms with Gasteiger partial charge >= 0.3 is 0 Å². The molecule has 1 fully saturated rings. The Bertz CT molecular complexity index is 646. The van der Waals surface area contributed by atoms with E-state index in [1.165, 1.54) is 22.4 Å². The van der Waals surface area contributed by atoms with Crippen molar-refractivity contribution in [3.63, 3.8) is 0 Å². The molecule has 3 heteroatoms. The SMILES string of the molecule is Cc1ccc(N2CCN(Cc3ccccc3Cl)CC2)cc1C. The molecule has 0 radical (unpaired) electrons. The molecule has 22 heavy (non-hydrogen) atoms. The van der Waals surface area contributed by atoms with Gasteiger partial charge < -0.3 is 4.90 Å². The summed E-state index contributed by atoms with van der Waals surface area (Å²) in [6.45, 7) is 9.61. The summed E-state index contributed by atoms with van der Waals surface area (Å²) in [6, 6.07) is 14.9. The zero-order valence-electron chi connectivity index (χ0n) is 13.3. The maximum Gasteiger partial charge on any atom is 0.0451 e. The van der Waals surface area contributed by atoms with Crippen LogP contribution in [0, 0.1) is 13.8 Å². The molecule has 0 N–H and O–H groups in total. The van der Waals surface area contributed by atoms with Crippen LogP contribution in [0.5, 0.6) is 0 Å². The lowest BCUT2D eigenvalue weighted by molar-refractivity contribution is 0.250. The van der Waals surface area contributed by atoms with Crippen LogP contribution < -0.4 is 4.90 Å². The molecule has 3 rings (SSSR count). The molecule has 0 aliphatic carbocycles. The third-order valence-corrected chi connectivity index (χ3v) is 4.95. The Labute approximate surface area is 138 Å². The van der Waals surface area contributed by atoms with Crippen LogP contribution in [0.4, 0.5) is 5.69 Å². The van der Waals surface area contributed by atoms with Crippen molar-refractivity contribution in [2.24, 2.45) is 0 Å². The third-order valence-electron chi connectivity index (χ3n) is 4.58. The minimum Gasteiger partial charge on any atom is -0.369 e. The van der Waals surface area contributed by atoms with Gasteiger partial charge in [0.05, 0.1) is 0 Å². The van der Waals surface area contributed by atoms with Crippen LogP contribution in [-0.2, 0) is 6.54 Å². The zero-order valence-corrected chi connectivity index (χ0v) is 14.1. The molecule has 1 aliphatic rings. The summed E-state index contributed by atoms with van der Waals surface area (Å²) in [5.74, 6) is 0. The largest absolute Gasteiger partial charge is 0.369 e. The highest BCUT2D eigenvalue weighted by Gasteiger charge is 2.18. The van der Waals surface area contributed by atoms with Crippen LogP contribution in [0.25, 0.3) is 0 Å². The molecule has 1 saturated heterocycles. The summed E-state index contributed by atoms with van der Waals surface area (Å²) < 4.78 is 0. The predicted molar refractivity (Wildman–Crippen MR) is 94.9 cm³/mol. The first-order valence-corrected chi connectivity index (χ1v) is 8.29. The quantitative estimate of drug-likeness (QED) is 0.834. The molecule has 2 aromatic carbocycles. The monoisotopic (exact) mass is 314 g/mol. The summed E-state index contributed by atoms with van der Waals surface area (Å²) in [7, 11) is 0. The first-order valence-electron chi connectivity index (χ1n) is 7.91. The lowest BCUT2D eigenvalue weighted by Crippen LogP contribution is -2.46. The summed E-state index contributed by atoms with van der Waals surface area (Å²) in [6.07, 6.45) is 0. The summed E-state index contributed by atoms with van der Waals surface area (Å²) in [4.78, 5) is 4.97. The van der Waals surface area contributed by atoms with E-state index in [4.69, 9.17) is 11.6 Å². The molecule has 0 atom stereocenters. The number of aryl methyl sites for hydroxylation is 2. The van der Waals surface area contributed by atoms with E-state index in [0.29, 0.717) is 0 Å². The number of anilines is 1. The van der Waals surface area contributed by atoms with Gasteiger partial charge in [-0.05, 0) is 48.7 Å². The van der Waals surface area contributed by atoms with Gasteiger partial charge in [-0.2, -0.15) is 0 Å². The number of nitrogens with zero attached hydrogens (tertiary/aromatic N) is 2. The third kappa shape index (κ3) is 3.45. The fourth-order valence-electron chi connectivity index (χ4n) is 2.95. The predicted octanol–water partition coefficient (Wildman–Crippen LogP) is 4.28. The van der Waals surface area contributed by atoms with Gasteiger partial charge in [0.1, 0.15) is 0 Å². The number of rotatable bonds is 3. The first kappa shape index (κ1) is 15.4. The van der Waals surface area contributed by atoms with Crippen molar-refractivity contribution in [1.29, 1.82) is 0 Å². The van der Waals surface area contributed by atoms with Gasteiger partial charge in [0.25, 0.3) is 0 Å². The highest BCUT2D eigenvalue weighted by molar-refractivity contribution is 6.31. The van der Waals surface area contributed by atoms with Gasteiger partial charge in [0, 0.05) is 43.4 Å². The summed E-state index contributed by atoms with van der Waals surface area (Å²) in [5, 5.41) is 0.874. The summed E-state index contributed by atoms with van der Waals surface area (Å²) in [5.41, 5.74) is 5.31. The second kappa shape index (κ2) is 6.72. The Kier molecular flexibility index (Phi) is 4.70. The molecule has 0 saturated carbocycles. The highest BCUT2D eigenvalue weighted by atomic mass is 35.5. The second-order valence-electron chi connectivity index (χ2n) is 6.12. The van der Waals surface area contributed by atoms with Gasteiger partial charge in [-0.15, -0.1) is 0 Å². The van der Waals surface area contributed by atoms with Crippen molar-refractivity contribution >= 4 is 17.3 Å². The normalized spacial score (nSPS) is 16.0. The number of hydrogen-bond acceptors (Lipinski definition) is 2. The molecule has 1 aliphatic heterocycles. The molecule has 2 nitrogen and oxygen atoms in total. The zero-order chi connectivity index (χ0) is 15.5. The fraction of sp³-hybridized carbons (Fsp3) is 0.368. The molecule has 0 aromatic heterocycles. The fourth-order valence-corrected chi connectivity index (χ4v) is 3.15. The van der Waals surface area contributed by atoms with Crippen molar-refractivity contribution in [3.8, 4) is 0 Å². The first-order chi connectivity index (χ1) is 10.6. The van der Waals surface area contributed by atoms with Gasteiger partial charge in [-0.1, -0.05) is 35.9 Å². The van der Waals surface area contributed by atoms with E-state index in [0.717, 1.165) is 37.7 Å². The Hall–Kier alpha value is -1.51. The van der Waals surface area contributed by atoms with Gasteiger partial charge in [-0.3, -0.25) is 4.90 Å². The van der Waals surface area contributed by atoms with Gasteiger partial charge in [-0.25, -0.2) is 0 Å². The standard InChI is InChI=1S/C19H23ClN2/c1-15-7-8-18(13-16(15)2)22-11-9-21(10-12-22)14-17-5-3-4-6-19(17)20/h3-8,13H,9-12,14H2,1-2H3. The maximum absolute atomic E-state index is 6.26. The number of benzene rings is 2. The van der Waals surface area contributed by atoms with Crippen LogP contribution in [0.1, 0.15) is 16.7 Å². The lowest BCUT2D eigenvalue weighted by Gasteiger charge is -2.36. The molecule has 0 bridgehead atoms. The van der Waals surface area contributed by atoms with Crippen LogP contribution in [0.15, 0.2) is 42.5 Å². The van der Waals surface area contributed by atoms with Crippen LogP contribution >= 0.6 is 11.6 Å². The Morgan fingerprint density at radius 3 is 2.32 bits per heavy atom. The topological polar surface area (TPSA) is 6.48 Å². The average Bonchev–Trinajstić information content (AvgIpc) is 2.53. The van der Waals surface area contributed by atoms with Crippen LogP contribution in [0.2, 0.25) is 5.02 Å². The molecule has 0 amide bonds.